The summed E-state index contributed by atoms with van der Waals surface area (Å²) < 4.78 is 43.0. The second kappa shape index (κ2) is 18.2. The number of amides is 1. The van der Waals surface area contributed by atoms with Crippen LogP contribution in [0.2, 0.25) is 0 Å². The first-order valence-corrected chi connectivity index (χ1v) is 17.2. The van der Waals surface area contributed by atoms with Gasteiger partial charge < -0.3 is 24.0 Å². The topological polar surface area (TPSA) is 135 Å². The average molecular weight is 661 g/mol. The van der Waals surface area contributed by atoms with Crippen molar-refractivity contribution in [3.05, 3.63) is 65.4 Å². The van der Waals surface area contributed by atoms with E-state index >= 15 is 0 Å². The number of aromatic nitrogens is 1. The van der Waals surface area contributed by atoms with Crippen LogP contribution in [0, 0.1) is 11.8 Å². The fraction of sp³-hybridized carbons (Fsp3) is 0.543. The molecule has 0 aliphatic rings. The molecular weight excluding hydrogens is 608 g/mol. The number of hydrogen-bond acceptors (Lipinski definition) is 7. The number of aryl methyl sites for hydroxylation is 1. The molecule has 0 saturated heterocycles. The third-order valence-corrected chi connectivity index (χ3v) is 8.43. The SMILES string of the molecule is C.COc1ccc2c(C(=O)c3ccc(CCCOCC(O)CS(=O)(=O)O)cc3)cn(CC(=O)N(CCC(C)C)CCC(C)C)c2c1. The van der Waals surface area contributed by atoms with Gasteiger partial charge in [-0.15, -0.1) is 0 Å². The highest BCUT2D eigenvalue weighted by Gasteiger charge is 2.21. The minimum atomic E-state index is -4.25. The fourth-order valence-corrected chi connectivity index (χ4v) is 5.60. The standard InChI is InChI=1S/C34H48N2O8S.CH4/c1-24(2)14-16-35(17-15-25(3)4)33(38)21-36-20-31(30-13-12-29(43-5)19-32(30)36)34(39)27-10-8-26(9-11-27)7-6-18-44-22-28(37)23-45(40,41)42;/h8-13,19-20,24-25,28,37H,6-7,14-18,21-23H2,1-5H3,(H,40,41,42);1H4. The normalized spacial score (nSPS) is 12.4. The van der Waals surface area contributed by atoms with Gasteiger partial charge in [-0.1, -0.05) is 59.4 Å². The number of benzene rings is 2. The molecule has 2 aromatic carbocycles. The lowest BCUT2D eigenvalue weighted by atomic mass is 10.0. The molecule has 46 heavy (non-hydrogen) atoms. The zero-order valence-corrected chi connectivity index (χ0v) is 27.9. The van der Waals surface area contributed by atoms with Gasteiger partial charge >= 0.3 is 0 Å². The van der Waals surface area contributed by atoms with E-state index in [1.807, 2.05) is 39.8 Å². The number of methoxy groups -OCH3 is 1. The number of fused-ring (bicyclic) bond motifs is 1. The molecule has 3 aromatic rings. The summed E-state index contributed by atoms with van der Waals surface area (Å²) in [6.07, 6.45) is 3.63. The van der Waals surface area contributed by atoms with Crippen molar-refractivity contribution in [3.63, 3.8) is 0 Å². The molecule has 1 aromatic heterocycles. The lowest BCUT2D eigenvalue weighted by Crippen LogP contribution is -2.36. The van der Waals surface area contributed by atoms with Crippen molar-refractivity contribution in [3.8, 4) is 5.75 Å². The molecule has 0 bridgehead atoms. The third-order valence-electron chi connectivity index (χ3n) is 7.63. The highest BCUT2D eigenvalue weighted by Crippen LogP contribution is 2.28. The molecule has 0 radical (unpaired) electrons. The van der Waals surface area contributed by atoms with Crippen LogP contribution in [0.3, 0.4) is 0 Å². The van der Waals surface area contributed by atoms with E-state index in [2.05, 4.69) is 27.7 Å². The van der Waals surface area contributed by atoms with Crippen molar-refractivity contribution in [2.75, 3.05) is 39.2 Å². The van der Waals surface area contributed by atoms with Crippen molar-refractivity contribution in [1.82, 2.24) is 9.47 Å². The summed E-state index contributed by atoms with van der Waals surface area (Å²) in [6.45, 7) is 10.3. The van der Waals surface area contributed by atoms with Gasteiger partial charge in [0.05, 0.1) is 25.3 Å². The maximum absolute atomic E-state index is 13.7. The van der Waals surface area contributed by atoms with Crippen molar-refractivity contribution in [2.24, 2.45) is 11.8 Å². The minimum Gasteiger partial charge on any atom is -0.497 e. The van der Waals surface area contributed by atoms with E-state index in [0.29, 0.717) is 61.3 Å². The number of hydrogen-bond donors (Lipinski definition) is 2. The Balaban J connectivity index is 0.00000736. The second-order valence-corrected chi connectivity index (χ2v) is 13.9. The van der Waals surface area contributed by atoms with Gasteiger partial charge in [0.15, 0.2) is 5.78 Å². The average Bonchev–Trinajstić information content (AvgIpc) is 3.32. The predicted octanol–water partition coefficient (Wildman–Crippen LogP) is 5.64. The summed E-state index contributed by atoms with van der Waals surface area (Å²) in [5, 5.41) is 10.3. The molecular formula is C35H52N2O8S. The van der Waals surface area contributed by atoms with Crippen LogP contribution < -0.4 is 4.74 Å². The van der Waals surface area contributed by atoms with Crippen LogP contribution in [-0.4, -0.2) is 84.5 Å². The zero-order valence-electron chi connectivity index (χ0n) is 27.1. The van der Waals surface area contributed by atoms with Crippen LogP contribution in [0.25, 0.3) is 10.9 Å². The molecule has 11 heteroatoms. The lowest BCUT2D eigenvalue weighted by Gasteiger charge is -2.25. The monoisotopic (exact) mass is 660 g/mol. The predicted molar refractivity (Wildman–Crippen MR) is 182 cm³/mol. The van der Waals surface area contributed by atoms with Gasteiger partial charge in [-0.2, -0.15) is 8.42 Å². The summed E-state index contributed by atoms with van der Waals surface area (Å²) in [5.74, 6) is 0.733. The van der Waals surface area contributed by atoms with Crippen molar-refractivity contribution < 1.29 is 37.1 Å². The van der Waals surface area contributed by atoms with E-state index in [1.165, 1.54) is 0 Å². The minimum absolute atomic E-state index is 0. The Morgan fingerprint density at radius 1 is 0.978 bits per heavy atom. The number of carbonyl (C=O) groups excluding carboxylic acids is 2. The quantitative estimate of drug-likeness (QED) is 0.0959. The first kappa shape index (κ1) is 38.9. The van der Waals surface area contributed by atoms with Crippen LogP contribution in [0.5, 0.6) is 5.75 Å². The molecule has 0 saturated carbocycles. The number of nitrogens with zero attached hydrogens (tertiary/aromatic N) is 2. The van der Waals surface area contributed by atoms with Gasteiger partial charge in [-0.3, -0.25) is 14.1 Å². The Labute approximate surface area is 274 Å². The van der Waals surface area contributed by atoms with E-state index in [0.717, 1.165) is 29.3 Å². The van der Waals surface area contributed by atoms with Crippen LogP contribution >= 0.6 is 0 Å². The molecule has 0 aliphatic heterocycles. The summed E-state index contributed by atoms with van der Waals surface area (Å²) in [5.41, 5.74) is 2.80. The molecule has 3 rings (SSSR count). The number of aliphatic hydroxyl groups is 1. The Morgan fingerprint density at radius 2 is 1.61 bits per heavy atom. The Bertz CT molecular complexity index is 1500. The van der Waals surface area contributed by atoms with Crippen LogP contribution in [0.4, 0.5) is 0 Å². The summed E-state index contributed by atoms with van der Waals surface area (Å²) >= 11 is 0. The van der Waals surface area contributed by atoms with E-state index in [-0.39, 0.29) is 32.3 Å². The molecule has 1 unspecified atom stereocenters. The number of ether oxygens (including phenoxy) is 2. The van der Waals surface area contributed by atoms with E-state index < -0.39 is 22.0 Å². The second-order valence-electron chi connectivity index (χ2n) is 12.4. The Hall–Kier alpha value is -3.25. The summed E-state index contributed by atoms with van der Waals surface area (Å²) in [7, 11) is -2.67. The van der Waals surface area contributed by atoms with Crippen molar-refractivity contribution in [2.45, 2.75) is 73.5 Å². The first-order chi connectivity index (χ1) is 21.3. The zero-order chi connectivity index (χ0) is 33.1. The van der Waals surface area contributed by atoms with Gasteiger partial charge in [0.25, 0.3) is 10.1 Å². The summed E-state index contributed by atoms with van der Waals surface area (Å²) in [4.78, 5) is 29.2. The number of rotatable bonds is 19. The molecule has 1 heterocycles. The molecule has 2 N–H and O–H groups in total. The maximum Gasteiger partial charge on any atom is 0.267 e. The van der Waals surface area contributed by atoms with E-state index in [4.69, 9.17) is 14.0 Å². The Morgan fingerprint density at radius 3 is 2.17 bits per heavy atom. The summed E-state index contributed by atoms with van der Waals surface area (Å²) in [6, 6.07) is 12.9. The van der Waals surface area contributed by atoms with Gasteiger partial charge in [0.2, 0.25) is 5.91 Å². The van der Waals surface area contributed by atoms with Gasteiger partial charge in [-0.05, 0) is 55.2 Å². The van der Waals surface area contributed by atoms with Crippen LogP contribution in [-0.2, 0) is 32.6 Å². The van der Waals surface area contributed by atoms with Gasteiger partial charge in [0, 0.05) is 48.5 Å². The van der Waals surface area contributed by atoms with Gasteiger partial charge in [0.1, 0.15) is 18.0 Å². The van der Waals surface area contributed by atoms with Crippen molar-refractivity contribution >= 4 is 32.7 Å². The number of aliphatic hydroxyl groups excluding tert-OH is 1. The van der Waals surface area contributed by atoms with Crippen LogP contribution in [0.1, 0.15) is 75.9 Å². The molecule has 1 atom stereocenters. The lowest BCUT2D eigenvalue weighted by molar-refractivity contribution is -0.132. The molecule has 1 amide bonds. The van der Waals surface area contributed by atoms with E-state index in [1.54, 1.807) is 25.4 Å². The van der Waals surface area contributed by atoms with Gasteiger partial charge in [-0.25, -0.2) is 0 Å². The maximum atomic E-state index is 13.7. The molecule has 0 spiro atoms. The fourth-order valence-electron chi connectivity index (χ4n) is 5.01. The molecule has 10 nitrogen and oxygen atoms in total. The largest absolute Gasteiger partial charge is 0.497 e. The third kappa shape index (κ3) is 12.2. The smallest absolute Gasteiger partial charge is 0.267 e. The van der Waals surface area contributed by atoms with Crippen LogP contribution in [0.15, 0.2) is 48.7 Å². The Kier molecular flexibility index (Phi) is 15.4. The number of carbonyl (C=O) groups is 2. The number of ketones is 1. The highest BCUT2D eigenvalue weighted by molar-refractivity contribution is 7.85. The van der Waals surface area contributed by atoms with Crippen molar-refractivity contribution in [1.29, 1.82) is 0 Å². The molecule has 0 fully saturated rings. The van der Waals surface area contributed by atoms with E-state index in [9.17, 15) is 23.1 Å². The molecule has 0 aliphatic carbocycles. The molecule has 256 valence electrons. The highest BCUT2D eigenvalue weighted by atomic mass is 32.2. The first-order valence-electron chi connectivity index (χ1n) is 15.6.